The second kappa shape index (κ2) is 3.75. The van der Waals surface area contributed by atoms with Crippen molar-refractivity contribution < 1.29 is 0 Å². The fraction of sp³-hybridized carbons (Fsp3) is 0.0588. The highest BCUT2D eigenvalue weighted by molar-refractivity contribution is 6.15. The number of benzene rings is 2. The highest BCUT2D eigenvalue weighted by Gasteiger charge is 2.07. The molecule has 0 aliphatic heterocycles. The zero-order valence-corrected chi connectivity index (χ0v) is 10.6. The molecule has 0 radical (unpaired) electrons. The van der Waals surface area contributed by atoms with Crippen LogP contribution in [0.25, 0.3) is 32.6 Å². The number of fused-ring (bicyclic) bond motifs is 5. The number of pyridine rings is 2. The molecule has 0 N–H and O–H groups in total. The molecule has 0 spiro atoms. The van der Waals surface area contributed by atoms with Crippen LogP contribution in [0.5, 0.6) is 0 Å². The number of nitrogens with zero attached hydrogens (tertiary/aromatic N) is 2. The van der Waals surface area contributed by atoms with Crippen molar-refractivity contribution in [2.24, 2.45) is 0 Å². The predicted molar refractivity (Wildman–Crippen MR) is 79.3 cm³/mol. The summed E-state index contributed by atoms with van der Waals surface area (Å²) >= 11 is 0. The van der Waals surface area contributed by atoms with E-state index >= 15 is 0 Å². The van der Waals surface area contributed by atoms with Crippen molar-refractivity contribution in [2.45, 2.75) is 6.92 Å². The third kappa shape index (κ3) is 1.43. The highest BCUT2D eigenvalue weighted by Crippen LogP contribution is 2.30. The fourth-order valence-electron chi connectivity index (χ4n) is 2.75. The summed E-state index contributed by atoms with van der Waals surface area (Å²) in [6, 6.07) is 14.7. The molecule has 4 rings (SSSR count). The lowest BCUT2D eigenvalue weighted by molar-refractivity contribution is 1.40. The minimum atomic E-state index is 1.05. The summed E-state index contributed by atoms with van der Waals surface area (Å²) in [7, 11) is 0. The Morgan fingerprint density at radius 1 is 0.737 bits per heavy atom. The Kier molecular flexibility index (Phi) is 2.06. The van der Waals surface area contributed by atoms with Gasteiger partial charge in [-0.25, -0.2) is 0 Å². The maximum absolute atomic E-state index is 4.55. The molecule has 0 aliphatic rings. The molecule has 0 saturated heterocycles. The molecular weight excluding hydrogens is 232 g/mol. The van der Waals surface area contributed by atoms with Gasteiger partial charge in [-0.15, -0.1) is 0 Å². The van der Waals surface area contributed by atoms with E-state index in [-0.39, 0.29) is 0 Å². The highest BCUT2D eigenvalue weighted by atomic mass is 14.7. The number of hydrogen-bond acceptors (Lipinski definition) is 2. The summed E-state index contributed by atoms with van der Waals surface area (Å²) in [6.45, 7) is 2.13. The molecule has 2 aromatic carbocycles. The number of rotatable bonds is 0. The molecule has 0 fully saturated rings. The first kappa shape index (κ1) is 10.4. The molecule has 0 amide bonds. The van der Waals surface area contributed by atoms with Crippen LogP contribution in [0.15, 0.2) is 54.9 Å². The van der Waals surface area contributed by atoms with E-state index in [0.717, 1.165) is 11.0 Å². The average Bonchev–Trinajstić information content (AvgIpc) is 2.47. The lowest BCUT2D eigenvalue weighted by atomic mass is 9.99. The van der Waals surface area contributed by atoms with Crippen LogP contribution in [-0.2, 0) is 0 Å². The largest absolute Gasteiger partial charge is 0.256 e. The first-order chi connectivity index (χ1) is 9.34. The maximum Gasteiger partial charge on any atom is 0.0783 e. The van der Waals surface area contributed by atoms with Gasteiger partial charge in [0.05, 0.1) is 11.0 Å². The van der Waals surface area contributed by atoms with Crippen LogP contribution in [0.4, 0.5) is 0 Å². The Bertz CT molecular complexity index is 926. The fourth-order valence-corrected chi connectivity index (χ4v) is 2.75. The van der Waals surface area contributed by atoms with Crippen LogP contribution in [0.2, 0.25) is 0 Å². The SMILES string of the molecule is Cc1cc2c(ccc3cccnc32)c2ncccc12. The lowest BCUT2D eigenvalue weighted by Crippen LogP contribution is -1.87. The molecule has 0 bridgehead atoms. The predicted octanol–water partition coefficient (Wildman–Crippen LogP) is 4.24. The van der Waals surface area contributed by atoms with Crippen molar-refractivity contribution >= 4 is 32.6 Å². The van der Waals surface area contributed by atoms with Crippen LogP contribution in [0.3, 0.4) is 0 Å². The third-order valence-corrected chi connectivity index (χ3v) is 3.66. The summed E-state index contributed by atoms with van der Waals surface area (Å²) in [5.74, 6) is 0. The van der Waals surface area contributed by atoms with Gasteiger partial charge in [0.2, 0.25) is 0 Å². The van der Waals surface area contributed by atoms with Crippen LogP contribution in [0, 0.1) is 6.92 Å². The Morgan fingerprint density at radius 3 is 2.42 bits per heavy atom. The van der Waals surface area contributed by atoms with Gasteiger partial charge in [-0.2, -0.15) is 0 Å². The van der Waals surface area contributed by atoms with E-state index in [2.05, 4.69) is 47.2 Å². The number of aryl methyl sites for hydroxylation is 1. The molecule has 2 aromatic heterocycles. The summed E-state index contributed by atoms with van der Waals surface area (Å²) < 4.78 is 0. The van der Waals surface area contributed by atoms with E-state index in [4.69, 9.17) is 0 Å². The molecule has 19 heavy (non-hydrogen) atoms. The van der Waals surface area contributed by atoms with Crippen molar-refractivity contribution in [1.82, 2.24) is 9.97 Å². The van der Waals surface area contributed by atoms with Crippen LogP contribution in [-0.4, -0.2) is 9.97 Å². The van der Waals surface area contributed by atoms with Crippen LogP contribution >= 0.6 is 0 Å². The minimum absolute atomic E-state index is 1.05. The zero-order chi connectivity index (χ0) is 12.8. The van der Waals surface area contributed by atoms with Gasteiger partial charge in [0.25, 0.3) is 0 Å². The smallest absolute Gasteiger partial charge is 0.0783 e. The minimum Gasteiger partial charge on any atom is -0.256 e. The van der Waals surface area contributed by atoms with Gasteiger partial charge in [0, 0.05) is 33.9 Å². The summed E-state index contributed by atoms with van der Waals surface area (Å²) in [5.41, 5.74) is 3.36. The Morgan fingerprint density at radius 2 is 1.53 bits per heavy atom. The topological polar surface area (TPSA) is 25.8 Å². The molecule has 90 valence electrons. The molecule has 0 atom stereocenters. The van der Waals surface area contributed by atoms with Crippen molar-refractivity contribution in [3.8, 4) is 0 Å². The maximum atomic E-state index is 4.55. The van der Waals surface area contributed by atoms with Crippen molar-refractivity contribution in [3.63, 3.8) is 0 Å². The summed E-state index contributed by atoms with van der Waals surface area (Å²) in [4.78, 5) is 9.08. The molecule has 2 heterocycles. The zero-order valence-electron chi connectivity index (χ0n) is 10.6. The van der Waals surface area contributed by atoms with Gasteiger partial charge in [-0.3, -0.25) is 9.97 Å². The third-order valence-electron chi connectivity index (χ3n) is 3.66. The standard InChI is InChI=1S/C17H12N2/c1-11-10-15-14(17-13(11)5-3-9-19-17)7-6-12-4-2-8-18-16(12)15/h2-10H,1H3. The van der Waals surface area contributed by atoms with E-state index in [1.54, 1.807) is 0 Å². The molecular formula is C17H12N2. The Labute approximate surface area is 110 Å². The quantitative estimate of drug-likeness (QED) is 0.432. The van der Waals surface area contributed by atoms with E-state index in [1.165, 1.54) is 27.1 Å². The number of aromatic nitrogens is 2. The molecule has 4 aromatic rings. The first-order valence-corrected chi connectivity index (χ1v) is 6.36. The van der Waals surface area contributed by atoms with E-state index in [1.807, 2.05) is 24.5 Å². The summed E-state index contributed by atoms with van der Waals surface area (Å²) in [5, 5.41) is 4.74. The number of hydrogen-bond donors (Lipinski definition) is 0. The van der Waals surface area contributed by atoms with Gasteiger partial charge in [0.15, 0.2) is 0 Å². The first-order valence-electron chi connectivity index (χ1n) is 6.36. The van der Waals surface area contributed by atoms with Crippen LogP contribution < -0.4 is 0 Å². The van der Waals surface area contributed by atoms with Crippen LogP contribution in [0.1, 0.15) is 5.56 Å². The average molecular weight is 244 g/mol. The molecule has 0 aliphatic carbocycles. The Hall–Kier alpha value is -2.48. The normalized spacial score (nSPS) is 11.4. The summed E-state index contributed by atoms with van der Waals surface area (Å²) in [6.07, 6.45) is 3.70. The van der Waals surface area contributed by atoms with Gasteiger partial charge >= 0.3 is 0 Å². The van der Waals surface area contributed by atoms with E-state index < -0.39 is 0 Å². The van der Waals surface area contributed by atoms with Gasteiger partial charge in [0.1, 0.15) is 0 Å². The second-order valence-electron chi connectivity index (χ2n) is 4.83. The van der Waals surface area contributed by atoms with E-state index in [9.17, 15) is 0 Å². The van der Waals surface area contributed by atoms with Gasteiger partial charge in [-0.05, 0) is 30.7 Å². The van der Waals surface area contributed by atoms with Gasteiger partial charge in [-0.1, -0.05) is 24.3 Å². The van der Waals surface area contributed by atoms with Crippen molar-refractivity contribution in [2.75, 3.05) is 0 Å². The molecule has 0 unspecified atom stereocenters. The monoisotopic (exact) mass is 244 g/mol. The lowest BCUT2D eigenvalue weighted by Gasteiger charge is -2.08. The molecule has 0 saturated carbocycles. The van der Waals surface area contributed by atoms with Gasteiger partial charge < -0.3 is 0 Å². The van der Waals surface area contributed by atoms with E-state index in [0.29, 0.717) is 0 Å². The van der Waals surface area contributed by atoms with Crippen molar-refractivity contribution in [1.29, 1.82) is 0 Å². The molecule has 2 nitrogen and oxygen atoms in total. The Balaban J connectivity index is 2.34. The molecule has 2 heteroatoms. The second-order valence-corrected chi connectivity index (χ2v) is 4.83. The van der Waals surface area contributed by atoms with Crippen molar-refractivity contribution in [3.05, 3.63) is 60.4 Å².